The molecule has 0 fully saturated rings. The fraction of sp³-hybridized carbons (Fsp3) is 0.167. The van der Waals surface area contributed by atoms with Crippen molar-refractivity contribution in [2.24, 2.45) is 0 Å². The van der Waals surface area contributed by atoms with Crippen LogP contribution < -0.4 is 5.32 Å². The first-order valence-electron chi connectivity index (χ1n) is 9.38. The molecule has 0 aliphatic heterocycles. The Kier molecular flexibility index (Phi) is 6.22. The lowest BCUT2D eigenvalue weighted by molar-refractivity contribution is 0.0752. The molecule has 0 atom stereocenters. The average Bonchev–Trinajstić information content (AvgIpc) is 2.72. The van der Waals surface area contributed by atoms with Crippen molar-refractivity contribution in [3.05, 3.63) is 101 Å². The second kappa shape index (κ2) is 9.00. The quantitative estimate of drug-likeness (QED) is 0.668. The number of hydrogen-bond acceptors (Lipinski definition) is 2. The number of benzene rings is 3. The van der Waals surface area contributed by atoms with Gasteiger partial charge in [-0.2, -0.15) is 0 Å². The van der Waals surface area contributed by atoms with E-state index in [1.165, 1.54) is 0 Å². The first-order valence-corrected chi connectivity index (χ1v) is 9.38. The van der Waals surface area contributed by atoms with Crippen LogP contribution >= 0.6 is 0 Å². The summed E-state index contributed by atoms with van der Waals surface area (Å²) in [5, 5.41) is 2.88. The van der Waals surface area contributed by atoms with Gasteiger partial charge in [0.05, 0.1) is 0 Å². The molecule has 142 valence electrons. The number of nitrogens with one attached hydrogen (secondary N) is 1. The maximum absolute atomic E-state index is 13.0. The van der Waals surface area contributed by atoms with Crippen LogP contribution in [0.3, 0.4) is 0 Å². The van der Waals surface area contributed by atoms with Crippen LogP contribution in [0.5, 0.6) is 0 Å². The molecule has 28 heavy (non-hydrogen) atoms. The molecule has 0 spiro atoms. The summed E-state index contributed by atoms with van der Waals surface area (Å²) in [7, 11) is 0. The number of carbonyl (C=O) groups excluding carboxylic acids is 2. The van der Waals surface area contributed by atoms with Crippen LogP contribution in [-0.2, 0) is 6.54 Å². The Hall–Kier alpha value is -3.40. The van der Waals surface area contributed by atoms with Gasteiger partial charge in [0, 0.05) is 29.9 Å². The van der Waals surface area contributed by atoms with Gasteiger partial charge in [-0.25, -0.2) is 0 Å². The Morgan fingerprint density at radius 2 is 1.57 bits per heavy atom. The van der Waals surface area contributed by atoms with E-state index in [4.69, 9.17) is 0 Å². The fourth-order valence-corrected chi connectivity index (χ4v) is 3.03. The second-order valence-electron chi connectivity index (χ2n) is 6.71. The van der Waals surface area contributed by atoms with Crippen LogP contribution in [-0.4, -0.2) is 23.3 Å². The number of amides is 2. The Labute approximate surface area is 165 Å². The third-order valence-corrected chi connectivity index (χ3v) is 4.53. The van der Waals surface area contributed by atoms with Crippen LogP contribution in [0.15, 0.2) is 78.9 Å². The summed E-state index contributed by atoms with van der Waals surface area (Å²) in [6.07, 6.45) is 0. The largest absolute Gasteiger partial charge is 0.335 e. The van der Waals surface area contributed by atoms with Crippen molar-refractivity contribution >= 4 is 17.5 Å². The highest BCUT2D eigenvalue weighted by Gasteiger charge is 2.16. The monoisotopic (exact) mass is 372 g/mol. The van der Waals surface area contributed by atoms with E-state index in [2.05, 4.69) is 5.32 Å². The van der Waals surface area contributed by atoms with E-state index in [0.717, 1.165) is 16.8 Å². The first-order chi connectivity index (χ1) is 13.6. The minimum atomic E-state index is -0.230. The van der Waals surface area contributed by atoms with Gasteiger partial charge in [0.15, 0.2) is 0 Å². The van der Waals surface area contributed by atoms with Gasteiger partial charge < -0.3 is 10.2 Å². The zero-order valence-electron chi connectivity index (χ0n) is 16.2. The molecule has 0 radical (unpaired) electrons. The van der Waals surface area contributed by atoms with Crippen LogP contribution in [0.4, 0.5) is 5.69 Å². The Bertz CT molecular complexity index is 967. The summed E-state index contributed by atoms with van der Waals surface area (Å²) in [6, 6.07) is 24.4. The first kappa shape index (κ1) is 19.4. The zero-order valence-corrected chi connectivity index (χ0v) is 16.2. The van der Waals surface area contributed by atoms with Gasteiger partial charge in [0.25, 0.3) is 11.8 Å². The topological polar surface area (TPSA) is 49.4 Å². The summed E-state index contributed by atoms with van der Waals surface area (Å²) in [4.78, 5) is 27.3. The SMILES string of the molecule is CCN(Cc1ccccc1)C(=O)c1cccc(C(=O)Nc2cccc(C)c2)c1. The number of carbonyl (C=O) groups is 2. The van der Waals surface area contributed by atoms with Gasteiger partial charge in [0.2, 0.25) is 0 Å². The van der Waals surface area contributed by atoms with Crippen molar-refractivity contribution in [1.29, 1.82) is 0 Å². The molecule has 3 aromatic carbocycles. The third-order valence-electron chi connectivity index (χ3n) is 4.53. The molecule has 0 aromatic heterocycles. The Morgan fingerprint density at radius 1 is 0.857 bits per heavy atom. The fourth-order valence-electron chi connectivity index (χ4n) is 3.03. The minimum absolute atomic E-state index is 0.0865. The van der Waals surface area contributed by atoms with Crippen molar-refractivity contribution < 1.29 is 9.59 Å². The minimum Gasteiger partial charge on any atom is -0.335 e. The van der Waals surface area contributed by atoms with Gasteiger partial charge in [-0.05, 0) is 55.3 Å². The summed E-state index contributed by atoms with van der Waals surface area (Å²) in [5.41, 5.74) is 3.85. The van der Waals surface area contributed by atoms with E-state index in [1.807, 2.05) is 68.4 Å². The molecule has 0 saturated heterocycles. The molecule has 0 saturated carbocycles. The van der Waals surface area contributed by atoms with Gasteiger partial charge in [-0.1, -0.05) is 48.5 Å². The average molecular weight is 372 g/mol. The summed E-state index contributed by atoms with van der Waals surface area (Å²) >= 11 is 0. The van der Waals surface area contributed by atoms with Gasteiger partial charge in [0.1, 0.15) is 0 Å². The standard InChI is InChI=1S/C24H24N2O2/c1-3-26(17-19-10-5-4-6-11-19)24(28)21-13-8-12-20(16-21)23(27)25-22-14-7-9-18(2)15-22/h4-16H,3,17H2,1-2H3,(H,25,27). The summed E-state index contributed by atoms with van der Waals surface area (Å²) in [5.74, 6) is -0.317. The van der Waals surface area contributed by atoms with Crippen LogP contribution in [0.1, 0.15) is 38.8 Å². The molecule has 0 heterocycles. The molecular formula is C24H24N2O2. The highest BCUT2D eigenvalue weighted by Crippen LogP contribution is 2.15. The molecular weight excluding hydrogens is 348 g/mol. The number of hydrogen-bond donors (Lipinski definition) is 1. The van der Waals surface area contributed by atoms with Crippen molar-refractivity contribution in [2.45, 2.75) is 20.4 Å². The van der Waals surface area contributed by atoms with Crippen molar-refractivity contribution in [2.75, 3.05) is 11.9 Å². The van der Waals surface area contributed by atoms with E-state index in [1.54, 1.807) is 29.2 Å². The van der Waals surface area contributed by atoms with E-state index in [9.17, 15) is 9.59 Å². The summed E-state index contributed by atoms with van der Waals surface area (Å²) in [6.45, 7) is 5.06. The molecule has 0 aliphatic rings. The zero-order chi connectivity index (χ0) is 19.9. The predicted octanol–water partition coefficient (Wildman–Crippen LogP) is 4.91. The van der Waals surface area contributed by atoms with E-state index < -0.39 is 0 Å². The number of nitrogens with zero attached hydrogens (tertiary/aromatic N) is 1. The third kappa shape index (κ3) is 4.86. The van der Waals surface area contributed by atoms with E-state index in [0.29, 0.717) is 24.2 Å². The van der Waals surface area contributed by atoms with Crippen molar-refractivity contribution in [3.8, 4) is 0 Å². The predicted molar refractivity (Wildman–Crippen MR) is 112 cm³/mol. The molecule has 4 heteroatoms. The highest BCUT2D eigenvalue weighted by atomic mass is 16.2. The lowest BCUT2D eigenvalue weighted by Gasteiger charge is -2.21. The van der Waals surface area contributed by atoms with Crippen LogP contribution in [0, 0.1) is 6.92 Å². The summed E-state index contributed by atoms with van der Waals surface area (Å²) < 4.78 is 0. The van der Waals surface area contributed by atoms with Gasteiger partial charge >= 0.3 is 0 Å². The van der Waals surface area contributed by atoms with Gasteiger partial charge in [-0.3, -0.25) is 9.59 Å². The van der Waals surface area contributed by atoms with Crippen molar-refractivity contribution in [1.82, 2.24) is 4.90 Å². The maximum atomic E-state index is 13.0. The Balaban J connectivity index is 1.75. The molecule has 3 aromatic rings. The molecule has 3 rings (SSSR count). The molecule has 0 aliphatic carbocycles. The lowest BCUT2D eigenvalue weighted by Crippen LogP contribution is -2.30. The number of anilines is 1. The molecule has 0 unspecified atom stereocenters. The Morgan fingerprint density at radius 3 is 2.29 bits per heavy atom. The lowest BCUT2D eigenvalue weighted by atomic mass is 10.1. The van der Waals surface area contributed by atoms with Crippen molar-refractivity contribution in [3.63, 3.8) is 0 Å². The highest BCUT2D eigenvalue weighted by molar-refractivity contribution is 6.06. The normalized spacial score (nSPS) is 10.4. The number of aryl methyl sites for hydroxylation is 1. The molecule has 4 nitrogen and oxygen atoms in total. The van der Waals surface area contributed by atoms with Gasteiger partial charge in [-0.15, -0.1) is 0 Å². The maximum Gasteiger partial charge on any atom is 0.255 e. The van der Waals surface area contributed by atoms with Crippen LogP contribution in [0.25, 0.3) is 0 Å². The smallest absolute Gasteiger partial charge is 0.255 e. The second-order valence-corrected chi connectivity index (χ2v) is 6.71. The molecule has 1 N–H and O–H groups in total. The van der Waals surface area contributed by atoms with E-state index >= 15 is 0 Å². The molecule has 0 bridgehead atoms. The van der Waals surface area contributed by atoms with Crippen LogP contribution in [0.2, 0.25) is 0 Å². The number of rotatable bonds is 6. The molecule has 2 amide bonds. The van der Waals surface area contributed by atoms with E-state index in [-0.39, 0.29) is 11.8 Å².